The Morgan fingerprint density at radius 3 is 2.40 bits per heavy atom. The van der Waals surface area contributed by atoms with E-state index in [0.717, 1.165) is 0 Å². The minimum Gasteiger partial charge on any atom is -0.550 e. The number of carbonyl (C=O) groups is 1. The molecule has 0 radical (unpaired) electrons. The third-order valence-corrected chi connectivity index (χ3v) is 0. The van der Waals surface area contributed by atoms with Crippen LogP contribution in [0.4, 0.5) is 0 Å². The maximum Gasteiger partial charge on any atom is 1.00 e. The molecule has 3 heteroatoms. The standard InChI is InChI=1S/C2H4O2.Li/c1-2(3)4;/h1H3,(H,3,4);/q;+1/p-1/i1D3;. The van der Waals surface area contributed by atoms with Gasteiger partial charge in [0.15, 0.2) is 0 Å². The van der Waals surface area contributed by atoms with Crippen molar-refractivity contribution in [2.45, 2.75) is 6.85 Å². The molecule has 0 aromatic rings. The van der Waals surface area contributed by atoms with E-state index in [0.29, 0.717) is 0 Å². The van der Waals surface area contributed by atoms with Gasteiger partial charge in [-0.05, 0) is 6.85 Å². The Morgan fingerprint density at radius 1 is 2.20 bits per heavy atom. The molecule has 0 atom stereocenters. The normalized spacial score (nSPS) is 16.4. The molecule has 0 bridgehead atoms. The fraction of sp³-hybridized carbons (Fsp3) is 0.500. The van der Waals surface area contributed by atoms with Crippen molar-refractivity contribution in [1.82, 2.24) is 0 Å². The van der Waals surface area contributed by atoms with Gasteiger partial charge in [-0.3, -0.25) is 0 Å². The number of hydrogen-bond donors (Lipinski definition) is 0. The Kier molecular flexibility index (Phi) is 1.85. The zero-order chi connectivity index (χ0) is 6.08. The molecule has 0 heterocycles. The Labute approximate surface area is 46.6 Å². The molecule has 0 fully saturated rings. The predicted octanol–water partition coefficient (Wildman–Crippen LogP) is -4.24. The second-order valence-corrected chi connectivity index (χ2v) is 0.287. The van der Waals surface area contributed by atoms with Crippen molar-refractivity contribution < 1.29 is 32.9 Å². The van der Waals surface area contributed by atoms with Crippen LogP contribution in [0.3, 0.4) is 0 Å². The van der Waals surface area contributed by atoms with Gasteiger partial charge in [-0.1, -0.05) is 0 Å². The van der Waals surface area contributed by atoms with Crippen molar-refractivity contribution in [3.63, 3.8) is 0 Å². The molecule has 5 heavy (non-hydrogen) atoms. The molecule has 0 aliphatic carbocycles. The zero-order valence-electron chi connectivity index (χ0n) is 5.82. The molecule has 0 saturated heterocycles. The van der Waals surface area contributed by atoms with Crippen LogP contribution in [-0.2, 0) is 4.79 Å². The Morgan fingerprint density at radius 2 is 2.40 bits per heavy atom. The Bertz CT molecular complexity index is 87.8. The van der Waals surface area contributed by atoms with Gasteiger partial charge in [0.2, 0.25) is 0 Å². The molecular formula is C2H3LiO2. The molecule has 0 unspecified atom stereocenters. The van der Waals surface area contributed by atoms with Crippen LogP contribution in [0, 0.1) is 0 Å². The first-order valence-electron chi connectivity index (χ1n) is 2.16. The minimum absolute atomic E-state index is 0. The van der Waals surface area contributed by atoms with Crippen molar-refractivity contribution in [2.24, 2.45) is 0 Å². The van der Waals surface area contributed by atoms with Gasteiger partial charge in [-0.25, -0.2) is 0 Å². The minimum atomic E-state index is -2.94. The van der Waals surface area contributed by atoms with E-state index in [4.69, 9.17) is 4.11 Å². The van der Waals surface area contributed by atoms with Gasteiger partial charge in [0.25, 0.3) is 0 Å². The van der Waals surface area contributed by atoms with E-state index in [1.165, 1.54) is 0 Å². The number of hydrogen-bond acceptors (Lipinski definition) is 2. The SMILES string of the molecule is [2H]C([2H])([2H])C(=O)[O-].[Li+]. The van der Waals surface area contributed by atoms with Crippen LogP contribution in [0.15, 0.2) is 0 Å². The summed E-state index contributed by atoms with van der Waals surface area (Å²) in [5, 5.41) is 9.35. The summed E-state index contributed by atoms with van der Waals surface area (Å²) in [5.74, 6) is -2.01. The summed E-state index contributed by atoms with van der Waals surface area (Å²) in [6.07, 6.45) is 0. The van der Waals surface area contributed by atoms with Crippen LogP contribution in [0.25, 0.3) is 0 Å². The Balaban J connectivity index is 0. The first-order chi connectivity index (χ1) is 2.94. The number of carboxylic acids is 1. The van der Waals surface area contributed by atoms with Crippen LogP contribution >= 0.6 is 0 Å². The molecule has 0 amide bonds. The van der Waals surface area contributed by atoms with Crippen LogP contribution in [0.5, 0.6) is 0 Å². The van der Waals surface area contributed by atoms with Gasteiger partial charge in [-0.2, -0.15) is 0 Å². The van der Waals surface area contributed by atoms with Gasteiger partial charge < -0.3 is 9.90 Å². The predicted molar refractivity (Wildman–Crippen MR) is 10.7 cm³/mol. The van der Waals surface area contributed by atoms with Crippen LogP contribution < -0.4 is 24.0 Å². The average molecular weight is 69.0 g/mol. The monoisotopic (exact) mass is 69.0 g/mol. The molecule has 2 nitrogen and oxygen atoms in total. The smallest absolute Gasteiger partial charge is 0.550 e. The van der Waals surface area contributed by atoms with Crippen LogP contribution in [0.2, 0.25) is 0 Å². The molecule has 0 spiro atoms. The number of carboxylic acid groups (broad SMARTS) is 1. The number of carbonyl (C=O) groups excluding carboxylic acids is 1. The van der Waals surface area contributed by atoms with Gasteiger partial charge in [0.05, 0.1) is 0 Å². The fourth-order valence-electron chi connectivity index (χ4n) is 0. The van der Waals surface area contributed by atoms with Gasteiger partial charge >= 0.3 is 18.9 Å². The summed E-state index contributed by atoms with van der Waals surface area (Å²) >= 11 is 0. The molecular weight excluding hydrogens is 63.0 g/mol. The van der Waals surface area contributed by atoms with Crippen molar-refractivity contribution in [2.75, 3.05) is 0 Å². The molecule has 0 N–H and O–H groups in total. The number of aliphatic carboxylic acids is 1. The van der Waals surface area contributed by atoms with E-state index in [1.807, 2.05) is 0 Å². The summed E-state index contributed by atoms with van der Waals surface area (Å²) in [6.45, 7) is -2.94. The van der Waals surface area contributed by atoms with Crippen molar-refractivity contribution in [3.05, 3.63) is 0 Å². The summed E-state index contributed by atoms with van der Waals surface area (Å²) in [4.78, 5) is 9.35. The van der Waals surface area contributed by atoms with E-state index in [9.17, 15) is 9.90 Å². The van der Waals surface area contributed by atoms with E-state index < -0.39 is 12.8 Å². The fourth-order valence-corrected chi connectivity index (χ4v) is 0. The Hall–Kier alpha value is 0.0674. The third kappa shape index (κ3) is 3830. The second-order valence-electron chi connectivity index (χ2n) is 0.287. The number of rotatable bonds is 0. The maximum atomic E-state index is 9.35. The largest absolute Gasteiger partial charge is 1.00 e. The molecule has 0 aliphatic rings. The molecule has 0 aromatic heterocycles. The first-order valence-corrected chi connectivity index (χ1v) is 0.658. The summed E-state index contributed by atoms with van der Waals surface area (Å²) in [5.41, 5.74) is 0. The molecule has 0 saturated carbocycles. The van der Waals surface area contributed by atoms with Gasteiger partial charge in [0, 0.05) is 10.1 Å². The summed E-state index contributed by atoms with van der Waals surface area (Å²) in [7, 11) is 0. The van der Waals surface area contributed by atoms with E-state index in [1.54, 1.807) is 0 Å². The van der Waals surface area contributed by atoms with Gasteiger partial charge in [0.1, 0.15) is 0 Å². The third-order valence-electron chi connectivity index (χ3n) is 0. The van der Waals surface area contributed by atoms with Gasteiger partial charge in [-0.15, -0.1) is 0 Å². The topological polar surface area (TPSA) is 40.1 Å². The van der Waals surface area contributed by atoms with E-state index >= 15 is 0 Å². The zero-order valence-corrected chi connectivity index (χ0v) is 2.82. The molecule has 0 aromatic carbocycles. The van der Waals surface area contributed by atoms with E-state index in [-0.39, 0.29) is 18.9 Å². The maximum absolute atomic E-state index is 9.35. The van der Waals surface area contributed by atoms with Crippen molar-refractivity contribution in [3.8, 4) is 0 Å². The quantitative estimate of drug-likeness (QED) is 0.270. The van der Waals surface area contributed by atoms with Crippen molar-refractivity contribution >= 4 is 5.97 Å². The summed E-state index contributed by atoms with van der Waals surface area (Å²) < 4.78 is 18.2. The average Bonchev–Trinajstić information content (AvgIpc) is 1.31. The molecule has 24 valence electrons. The van der Waals surface area contributed by atoms with Crippen LogP contribution in [0.1, 0.15) is 11.0 Å². The first kappa shape index (κ1) is 2.28. The van der Waals surface area contributed by atoms with Crippen molar-refractivity contribution in [1.29, 1.82) is 0 Å². The molecule has 0 aliphatic heterocycles. The molecule has 0 rings (SSSR count). The summed E-state index contributed by atoms with van der Waals surface area (Å²) in [6, 6.07) is 0. The van der Waals surface area contributed by atoms with Crippen LogP contribution in [-0.4, -0.2) is 5.97 Å². The van der Waals surface area contributed by atoms with E-state index in [2.05, 4.69) is 0 Å². The second kappa shape index (κ2) is 4.07.